The fraction of sp³-hybridized carbons (Fsp3) is 0.333. The molecule has 0 radical (unpaired) electrons. The van der Waals surface area contributed by atoms with Gasteiger partial charge in [0.25, 0.3) is 0 Å². The number of fused-ring (bicyclic) bond motifs is 1. The molecule has 2 aromatic carbocycles. The largest absolute Gasteiger partial charge is 0.496 e. The molecule has 104 valence electrons. The molecule has 1 unspecified atom stereocenters. The SMILES string of the molecule is COc1ccc(C(C)C)cc1C1Cc2ccccc2N1. The van der Waals surface area contributed by atoms with Gasteiger partial charge in [0.1, 0.15) is 5.75 Å². The summed E-state index contributed by atoms with van der Waals surface area (Å²) in [5.74, 6) is 1.50. The Morgan fingerprint density at radius 2 is 1.95 bits per heavy atom. The standard InChI is InChI=1S/C18H21NO/c1-12(2)13-8-9-18(20-3)15(10-13)17-11-14-6-4-5-7-16(14)19-17/h4-10,12,17,19H,11H2,1-3H3. The van der Waals surface area contributed by atoms with Gasteiger partial charge in [0, 0.05) is 11.3 Å². The van der Waals surface area contributed by atoms with E-state index in [4.69, 9.17) is 4.74 Å². The van der Waals surface area contributed by atoms with Crippen molar-refractivity contribution in [3.05, 3.63) is 59.2 Å². The summed E-state index contributed by atoms with van der Waals surface area (Å²) in [7, 11) is 1.75. The number of anilines is 1. The maximum Gasteiger partial charge on any atom is 0.124 e. The van der Waals surface area contributed by atoms with Gasteiger partial charge in [0.2, 0.25) is 0 Å². The van der Waals surface area contributed by atoms with Crippen molar-refractivity contribution in [1.82, 2.24) is 0 Å². The van der Waals surface area contributed by atoms with Gasteiger partial charge in [0.05, 0.1) is 13.2 Å². The zero-order valence-corrected chi connectivity index (χ0v) is 12.3. The number of para-hydroxylation sites is 1. The molecule has 1 heterocycles. The highest BCUT2D eigenvalue weighted by molar-refractivity contribution is 5.59. The van der Waals surface area contributed by atoms with Crippen LogP contribution in [-0.4, -0.2) is 7.11 Å². The van der Waals surface area contributed by atoms with Crippen LogP contribution in [-0.2, 0) is 6.42 Å². The summed E-state index contributed by atoms with van der Waals surface area (Å²) in [6.07, 6.45) is 1.02. The summed E-state index contributed by atoms with van der Waals surface area (Å²) in [6.45, 7) is 4.45. The maximum absolute atomic E-state index is 5.55. The number of hydrogen-bond acceptors (Lipinski definition) is 2. The molecule has 0 aromatic heterocycles. The van der Waals surface area contributed by atoms with Crippen molar-refractivity contribution in [3.8, 4) is 5.75 Å². The number of rotatable bonds is 3. The second-order valence-electron chi connectivity index (χ2n) is 5.71. The number of benzene rings is 2. The zero-order valence-electron chi connectivity index (χ0n) is 12.3. The van der Waals surface area contributed by atoms with Gasteiger partial charge in [-0.25, -0.2) is 0 Å². The van der Waals surface area contributed by atoms with E-state index in [-0.39, 0.29) is 0 Å². The fourth-order valence-corrected chi connectivity index (χ4v) is 2.87. The van der Waals surface area contributed by atoms with Crippen LogP contribution in [0.4, 0.5) is 5.69 Å². The lowest BCUT2D eigenvalue weighted by atomic mass is 9.95. The van der Waals surface area contributed by atoms with Gasteiger partial charge in [-0.3, -0.25) is 0 Å². The highest BCUT2D eigenvalue weighted by atomic mass is 16.5. The van der Waals surface area contributed by atoms with Crippen molar-refractivity contribution in [2.75, 3.05) is 12.4 Å². The quantitative estimate of drug-likeness (QED) is 0.882. The molecule has 1 atom stereocenters. The average molecular weight is 267 g/mol. The fourth-order valence-electron chi connectivity index (χ4n) is 2.87. The second-order valence-corrected chi connectivity index (χ2v) is 5.71. The Balaban J connectivity index is 1.96. The lowest BCUT2D eigenvalue weighted by molar-refractivity contribution is 0.407. The summed E-state index contributed by atoms with van der Waals surface area (Å²) >= 11 is 0. The van der Waals surface area contributed by atoms with Crippen LogP contribution >= 0.6 is 0 Å². The van der Waals surface area contributed by atoms with Crippen molar-refractivity contribution in [1.29, 1.82) is 0 Å². The van der Waals surface area contributed by atoms with E-state index in [1.165, 1.54) is 22.4 Å². The summed E-state index contributed by atoms with van der Waals surface area (Å²) in [5.41, 5.74) is 5.25. The lowest BCUT2D eigenvalue weighted by Crippen LogP contribution is -2.08. The van der Waals surface area contributed by atoms with Crippen molar-refractivity contribution < 1.29 is 4.74 Å². The van der Waals surface area contributed by atoms with E-state index in [1.54, 1.807) is 7.11 Å². The van der Waals surface area contributed by atoms with Crippen LogP contribution in [0.25, 0.3) is 0 Å². The Kier molecular flexibility index (Phi) is 3.39. The van der Waals surface area contributed by atoms with Crippen molar-refractivity contribution in [2.24, 2.45) is 0 Å². The van der Waals surface area contributed by atoms with E-state index < -0.39 is 0 Å². The Labute approximate surface area is 120 Å². The molecule has 0 bridgehead atoms. The third kappa shape index (κ3) is 2.26. The molecule has 0 saturated carbocycles. The van der Waals surface area contributed by atoms with E-state index in [2.05, 4.69) is 61.6 Å². The second kappa shape index (κ2) is 5.20. The Morgan fingerprint density at radius 1 is 1.15 bits per heavy atom. The average Bonchev–Trinajstić information content (AvgIpc) is 2.90. The number of ether oxygens (including phenoxy) is 1. The summed E-state index contributed by atoms with van der Waals surface area (Å²) in [5, 5.41) is 3.61. The lowest BCUT2D eigenvalue weighted by Gasteiger charge is -2.18. The van der Waals surface area contributed by atoms with E-state index >= 15 is 0 Å². The number of nitrogens with one attached hydrogen (secondary N) is 1. The maximum atomic E-state index is 5.55. The van der Waals surface area contributed by atoms with E-state index in [0.717, 1.165) is 12.2 Å². The molecule has 1 aliphatic rings. The minimum atomic E-state index is 0.307. The van der Waals surface area contributed by atoms with Crippen LogP contribution < -0.4 is 10.1 Å². The van der Waals surface area contributed by atoms with Crippen LogP contribution in [0, 0.1) is 0 Å². The predicted molar refractivity (Wildman–Crippen MR) is 83.6 cm³/mol. The smallest absolute Gasteiger partial charge is 0.124 e. The zero-order chi connectivity index (χ0) is 14.1. The summed E-state index contributed by atoms with van der Waals surface area (Å²) in [4.78, 5) is 0. The minimum Gasteiger partial charge on any atom is -0.496 e. The van der Waals surface area contributed by atoms with Crippen LogP contribution in [0.5, 0.6) is 5.75 Å². The third-order valence-electron chi connectivity index (χ3n) is 4.07. The molecular weight excluding hydrogens is 246 g/mol. The molecule has 0 saturated heterocycles. The van der Waals surface area contributed by atoms with Gasteiger partial charge in [-0.2, -0.15) is 0 Å². The molecule has 2 nitrogen and oxygen atoms in total. The van der Waals surface area contributed by atoms with E-state index in [0.29, 0.717) is 12.0 Å². The van der Waals surface area contributed by atoms with E-state index in [9.17, 15) is 0 Å². The Morgan fingerprint density at radius 3 is 2.65 bits per heavy atom. The van der Waals surface area contributed by atoms with E-state index in [1.807, 2.05) is 0 Å². The molecule has 20 heavy (non-hydrogen) atoms. The van der Waals surface area contributed by atoms with Crippen molar-refractivity contribution in [2.45, 2.75) is 32.2 Å². The predicted octanol–water partition coefficient (Wildman–Crippen LogP) is 4.53. The first kappa shape index (κ1) is 13.0. The molecule has 2 aromatic rings. The van der Waals surface area contributed by atoms with Crippen LogP contribution in [0.1, 0.15) is 42.5 Å². The molecule has 0 aliphatic carbocycles. The Bertz CT molecular complexity index is 594. The first-order valence-corrected chi connectivity index (χ1v) is 7.21. The molecule has 0 fully saturated rings. The highest BCUT2D eigenvalue weighted by Gasteiger charge is 2.24. The van der Waals surface area contributed by atoms with Crippen molar-refractivity contribution in [3.63, 3.8) is 0 Å². The molecule has 1 aliphatic heterocycles. The molecule has 0 spiro atoms. The number of methoxy groups -OCH3 is 1. The first-order valence-electron chi connectivity index (χ1n) is 7.21. The topological polar surface area (TPSA) is 21.3 Å². The van der Waals surface area contributed by atoms with Gasteiger partial charge >= 0.3 is 0 Å². The van der Waals surface area contributed by atoms with Crippen molar-refractivity contribution >= 4 is 5.69 Å². The van der Waals surface area contributed by atoms with Gasteiger partial charge in [-0.05, 0) is 41.7 Å². The number of hydrogen-bond donors (Lipinski definition) is 1. The molecular formula is C18H21NO. The minimum absolute atomic E-state index is 0.307. The highest BCUT2D eigenvalue weighted by Crippen LogP contribution is 2.38. The van der Waals surface area contributed by atoms with Gasteiger partial charge in [0.15, 0.2) is 0 Å². The Hall–Kier alpha value is -1.96. The molecule has 3 rings (SSSR count). The van der Waals surface area contributed by atoms with Crippen LogP contribution in [0.2, 0.25) is 0 Å². The summed E-state index contributed by atoms with van der Waals surface area (Å²) in [6, 6.07) is 15.4. The molecule has 1 N–H and O–H groups in total. The summed E-state index contributed by atoms with van der Waals surface area (Å²) < 4.78 is 5.55. The first-order chi connectivity index (χ1) is 9.69. The normalized spacial score (nSPS) is 16.9. The van der Waals surface area contributed by atoms with Gasteiger partial charge in [-0.1, -0.05) is 38.1 Å². The molecule has 0 amide bonds. The monoisotopic (exact) mass is 267 g/mol. The van der Waals surface area contributed by atoms with Gasteiger partial charge < -0.3 is 10.1 Å². The van der Waals surface area contributed by atoms with Gasteiger partial charge in [-0.15, -0.1) is 0 Å². The third-order valence-corrected chi connectivity index (χ3v) is 4.07. The molecule has 2 heteroatoms. The van der Waals surface area contributed by atoms with Crippen LogP contribution in [0.3, 0.4) is 0 Å². The van der Waals surface area contributed by atoms with Crippen LogP contribution in [0.15, 0.2) is 42.5 Å².